The summed E-state index contributed by atoms with van der Waals surface area (Å²) in [6.07, 6.45) is 1.11. The van der Waals surface area contributed by atoms with Crippen LogP contribution in [-0.2, 0) is 19.1 Å². The number of anilines is 2. The van der Waals surface area contributed by atoms with Crippen molar-refractivity contribution in [2.24, 2.45) is 0 Å². The molecule has 32 heavy (non-hydrogen) atoms. The number of carbonyl (C=O) groups excluding carboxylic acids is 4. The minimum absolute atomic E-state index is 0.00844. The molecule has 0 aromatic carbocycles. The van der Waals surface area contributed by atoms with Crippen LogP contribution in [0.25, 0.3) is 0 Å². The molecule has 0 aliphatic heterocycles. The average molecular weight is 501 g/mol. The van der Waals surface area contributed by atoms with Crippen LogP contribution in [0.5, 0.6) is 0 Å². The molecule has 0 aliphatic carbocycles. The zero-order valence-corrected chi connectivity index (χ0v) is 20.6. The summed E-state index contributed by atoms with van der Waals surface area (Å²) in [6, 6.07) is 0. The summed E-state index contributed by atoms with van der Waals surface area (Å²) in [6.45, 7) is 7.20. The molecule has 2 aromatic heterocycles. The van der Waals surface area contributed by atoms with E-state index in [0.29, 0.717) is 21.5 Å². The largest absolute Gasteiger partial charge is 0.462 e. The Morgan fingerprint density at radius 3 is 2.28 bits per heavy atom. The van der Waals surface area contributed by atoms with Crippen LogP contribution in [0, 0.1) is 6.92 Å². The van der Waals surface area contributed by atoms with Crippen LogP contribution < -0.4 is 10.6 Å². The smallest absolute Gasteiger partial charge is 0.348 e. The van der Waals surface area contributed by atoms with E-state index in [1.807, 2.05) is 6.92 Å². The Morgan fingerprint density at radius 1 is 0.938 bits per heavy atom. The fourth-order valence-electron chi connectivity index (χ4n) is 2.46. The Bertz CT molecular complexity index is 988. The maximum absolute atomic E-state index is 12.5. The maximum Gasteiger partial charge on any atom is 0.348 e. The van der Waals surface area contributed by atoms with E-state index in [4.69, 9.17) is 9.47 Å². The normalized spacial score (nSPS) is 10.5. The summed E-state index contributed by atoms with van der Waals surface area (Å²) in [5, 5.41) is 13.7. The molecule has 2 amide bonds. The van der Waals surface area contributed by atoms with Crippen LogP contribution in [0.15, 0.2) is 4.34 Å². The van der Waals surface area contributed by atoms with Gasteiger partial charge >= 0.3 is 11.9 Å². The van der Waals surface area contributed by atoms with E-state index in [9.17, 15) is 19.2 Å². The highest BCUT2D eigenvalue weighted by Gasteiger charge is 2.27. The van der Waals surface area contributed by atoms with Crippen molar-refractivity contribution >= 4 is 68.3 Å². The highest BCUT2D eigenvalue weighted by Crippen LogP contribution is 2.35. The minimum Gasteiger partial charge on any atom is -0.462 e. The van der Waals surface area contributed by atoms with Crippen molar-refractivity contribution in [3.05, 3.63) is 16.0 Å². The SMILES string of the molecule is CCCC(=O)Nc1nnc(SCC(=O)Nc2sc(C(=O)OCC)c(C)c2C(=O)OCC)s1. The highest BCUT2D eigenvalue weighted by molar-refractivity contribution is 8.01. The third-order valence-corrected chi connectivity index (χ3v) is 6.96. The number of amides is 2. The number of esters is 2. The lowest BCUT2D eigenvalue weighted by molar-refractivity contribution is -0.116. The van der Waals surface area contributed by atoms with Gasteiger partial charge < -0.3 is 20.1 Å². The molecule has 0 saturated carbocycles. The van der Waals surface area contributed by atoms with Gasteiger partial charge in [-0.2, -0.15) is 0 Å². The molecule has 2 N–H and O–H groups in total. The van der Waals surface area contributed by atoms with Gasteiger partial charge in [0.05, 0.1) is 24.5 Å². The highest BCUT2D eigenvalue weighted by atomic mass is 32.2. The predicted octanol–water partition coefficient (Wildman–Crippen LogP) is 3.73. The fourth-order valence-corrected chi connectivity index (χ4v) is 5.13. The summed E-state index contributed by atoms with van der Waals surface area (Å²) in [5.74, 6) is -1.75. The summed E-state index contributed by atoms with van der Waals surface area (Å²) in [5.41, 5.74) is 0.529. The van der Waals surface area contributed by atoms with Crippen LogP contribution in [0.2, 0.25) is 0 Å². The number of thiophene rings is 1. The van der Waals surface area contributed by atoms with Gasteiger partial charge in [0, 0.05) is 6.42 Å². The van der Waals surface area contributed by atoms with Gasteiger partial charge in [0.25, 0.3) is 0 Å². The molecule has 0 bridgehead atoms. The van der Waals surface area contributed by atoms with Crippen molar-refractivity contribution < 1.29 is 28.7 Å². The van der Waals surface area contributed by atoms with Crippen LogP contribution in [0.1, 0.15) is 59.2 Å². The minimum atomic E-state index is -0.628. The molecule has 0 fully saturated rings. The number of thioether (sulfide) groups is 1. The van der Waals surface area contributed by atoms with E-state index in [1.54, 1.807) is 20.8 Å². The summed E-state index contributed by atoms with van der Waals surface area (Å²) in [7, 11) is 0. The molecule has 10 nitrogen and oxygen atoms in total. The second-order valence-corrected chi connectivity index (χ2v) is 9.43. The van der Waals surface area contributed by atoms with Gasteiger partial charge in [-0.05, 0) is 32.8 Å². The van der Waals surface area contributed by atoms with Crippen molar-refractivity contribution in [1.29, 1.82) is 0 Å². The average Bonchev–Trinajstić information content (AvgIpc) is 3.31. The monoisotopic (exact) mass is 500 g/mol. The maximum atomic E-state index is 12.5. The number of hydrogen-bond acceptors (Lipinski definition) is 11. The van der Waals surface area contributed by atoms with Crippen molar-refractivity contribution in [2.75, 3.05) is 29.6 Å². The quantitative estimate of drug-likeness (QED) is 0.268. The second kappa shape index (κ2) is 12.5. The number of carbonyl (C=O) groups is 4. The number of nitrogens with zero attached hydrogens (tertiary/aromatic N) is 2. The van der Waals surface area contributed by atoms with Crippen molar-refractivity contribution in [3.63, 3.8) is 0 Å². The molecular weight excluding hydrogens is 476 g/mol. The van der Waals surface area contributed by atoms with Crippen molar-refractivity contribution in [1.82, 2.24) is 10.2 Å². The molecule has 13 heteroatoms. The molecule has 0 radical (unpaired) electrons. The topological polar surface area (TPSA) is 137 Å². The lowest BCUT2D eigenvalue weighted by Gasteiger charge is -2.06. The third-order valence-electron chi connectivity index (χ3n) is 3.80. The first-order valence-corrected chi connectivity index (χ1v) is 12.5. The van der Waals surface area contributed by atoms with Crippen molar-refractivity contribution in [3.8, 4) is 0 Å². The van der Waals surface area contributed by atoms with Crippen molar-refractivity contribution in [2.45, 2.75) is 44.9 Å². The Hall–Kier alpha value is -2.51. The van der Waals surface area contributed by atoms with Gasteiger partial charge in [-0.1, -0.05) is 30.0 Å². The summed E-state index contributed by atoms with van der Waals surface area (Å²) < 4.78 is 10.6. The van der Waals surface area contributed by atoms with Crippen LogP contribution in [0.3, 0.4) is 0 Å². The molecular formula is C19H24N4O6S3. The second-order valence-electron chi connectivity index (χ2n) is 6.21. The third kappa shape index (κ3) is 7.00. The van der Waals surface area contributed by atoms with E-state index in [0.717, 1.165) is 40.9 Å². The number of rotatable bonds is 11. The number of ether oxygens (including phenoxy) is 2. The van der Waals surface area contributed by atoms with Gasteiger partial charge in [0.2, 0.25) is 16.9 Å². The van der Waals surface area contributed by atoms with E-state index in [-0.39, 0.29) is 40.3 Å². The van der Waals surface area contributed by atoms with Gasteiger partial charge in [-0.15, -0.1) is 21.5 Å². The molecule has 0 aliphatic rings. The lowest BCUT2D eigenvalue weighted by Crippen LogP contribution is -2.16. The first-order valence-electron chi connectivity index (χ1n) is 9.84. The molecule has 0 spiro atoms. The Labute approximate surface area is 197 Å². The van der Waals surface area contributed by atoms with Gasteiger partial charge in [0.15, 0.2) is 4.34 Å². The molecule has 0 unspecified atom stereocenters. The summed E-state index contributed by atoms with van der Waals surface area (Å²) >= 11 is 3.26. The van der Waals surface area contributed by atoms with Crippen LogP contribution >= 0.6 is 34.4 Å². The Kier molecular flexibility index (Phi) is 10.1. The molecule has 174 valence electrons. The van der Waals surface area contributed by atoms with Gasteiger partial charge in [0.1, 0.15) is 9.88 Å². The molecule has 2 aromatic rings. The zero-order valence-electron chi connectivity index (χ0n) is 18.1. The predicted molar refractivity (Wildman–Crippen MR) is 124 cm³/mol. The number of aromatic nitrogens is 2. The number of nitrogens with one attached hydrogen (secondary N) is 2. The Balaban J connectivity index is 2.07. The van der Waals surface area contributed by atoms with E-state index in [1.165, 1.54) is 0 Å². The molecule has 2 heterocycles. The lowest BCUT2D eigenvalue weighted by atomic mass is 10.1. The van der Waals surface area contributed by atoms with E-state index < -0.39 is 17.8 Å². The molecule has 2 rings (SSSR count). The van der Waals surface area contributed by atoms with Crippen LogP contribution in [0.4, 0.5) is 10.1 Å². The van der Waals surface area contributed by atoms with E-state index in [2.05, 4.69) is 20.8 Å². The first kappa shape index (κ1) is 25.7. The standard InChI is InChI=1S/C19H24N4O6S3/c1-5-8-11(24)21-18-22-23-19(32-18)30-9-12(25)20-15-13(16(26)28-6-2)10(4)14(31-15)17(27)29-7-3/h5-9H2,1-4H3,(H,20,25)(H,21,22,24). The molecule has 0 saturated heterocycles. The Morgan fingerprint density at radius 2 is 1.62 bits per heavy atom. The summed E-state index contributed by atoms with van der Waals surface area (Å²) in [4.78, 5) is 49.0. The fraction of sp³-hybridized carbons (Fsp3) is 0.474. The molecule has 0 atom stereocenters. The van der Waals surface area contributed by atoms with Crippen LogP contribution in [-0.4, -0.2) is 52.9 Å². The zero-order chi connectivity index (χ0) is 23.7. The van der Waals surface area contributed by atoms with E-state index >= 15 is 0 Å². The van der Waals surface area contributed by atoms with Gasteiger partial charge in [-0.25, -0.2) is 9.59 Å². The number of hydrogen-bond donors (Lipinski definition) is 2. The first-order chi connectivity index (χ1) is 15.3. The van der Waals surface area contributed by atoms with Gasteiger partial charge in [-0.3, -0.25) is 9.59 Å².